The van der Waals surface area contributed by atoms with Crippen LogP contribution in [0.5, 0.6) is 0 Å². The monoisotopic (exact) mass is 1010 g/mol. The summed E-state index contributed by atoms with van der Waals surface area (Å²) in [6.45, 7) is 6.47. The minimum atomic E-state index is -0.813. The fourth-order valence-corrected chi connectivity index (χ4v) is 8.44. The van der Waals surface area contributed by atoms with E-state index in [0.29, 0.717) is 12.8 Å². The standard InChI is InChI=1S/C67H114O6/c1-4-7-10-13-16-19-22-25-28-31-32-33-34-37-39-42-45-48-51-54-57-60-66(69)72-63-64(73-67(70)61-58-55-52-49-46-43-40-36-30-27-24-21-18-15-12-9-6-3)62-71-65(68)59-56-53-50-47-44-41-38-35-29-26-23-20-17-14-11-8-5-2/h9,12,18,21,25-30,38,40-41,43,47,50,64H,4-8,10-11,13-17,19-20,22-24,31-37,39,42,44-46,48-49,51-63H2,1-3H3/b12-9-,21-18-,28-25-,29-26-,30-27-,41-38-,43-40-,50-47-/t64-/m0/s1. The fourth-order valence-electron chi connectivity index (χ4n) is 8.44. The summed E-state index contributed by atoms with van der Waals surface area (Å²) in [6, 6.07) is 0. The molecule has 0 aromatic carbocycles. The molecule has 0 rings (SSSR count). The summed E-state index contributed by atoms with van der Waals surface area (Å²) in [5.74, 6) is -0.976. The molecule has 0 heterocycles. The minimum Gasteiger partial charge on any atom is -0.462 e. The molecule has 418 valence electrons. The van der Waals surface area contributed by atoms with Gasteiger partial charge in [-0.15, -0.1) is 0 Å². The van der Waals surface area contributed by atoms with Crippen LogP contribution in [0.25, 0.3) is 0 Å². The molecule has 0 radical (unpaired) electrons. The molecule has 0 fully saturated rings. The van der Waals surface area contributed by atoms with Crippen molar-refractivity contribution in [3.05, 3.63) is 97.2 Å². The average Bonchev–Trinajstić information content (AvgIpc) is 3.39. The van der Waals surface area contributed by atoms with Crippen LogP contribution >= 0.6 is 0 Å². The lowest BCUT2D eigenvalue weighted by atomic mass is 10.0. The molecule has 0 N–H and O–H groups in total. The smallest absolute Gasteiger partial charge is 0.306 e. The number of unbranched alkanes of at least 4 members (excludes halogenated alkanes) is 28. The highest BCUT2D eigenvalue weighted by molar-refractivity contribution is 5.71. The summed E-state index contributed by atoms with van der Waals surface area (Å²) in [7, 11) is 0. The molecule has 0 bridgehead atoms. The van der Waals surface area contributed by atoms with Gasteiger partial charge >= 0.3 is 17.9 Å². The maximum absolute atomic E-state index is 12.9. The third-order valence-corrected chi connectivity index (χ3v) is 13.0. The van der Waals surface area contributed by atoms with Gasteiger partial charge in [-0.2, -0.15) is 0 Å². The molecule has 0 aromatic heterocycles. The van der Waals surface area contributed by atoms with E-state index in [2.05, 4.69) is 118 Å². The first-order valence-corrected chi connectivity index (χ1v) is 30.7. The van der Waals surface area contributed by atoms with E-state index < -0.39 is 6.10 Å². The van der Waals surface area contributed by atoms with Crippen LogP contribution in [0.4, 0.5) is 0 Å². The first-order chi connectivity index (χ1) is 36.0. The molecule has 6 nitrogen and oxygen atoms in total. The van der Waals surface area contributed by atoms with Gasteiger partial charge in [-0.05, 0) is 116 Å². The Labute approximate surface area is 451 Å². The molecule has 0 aliphatic carbocycles. The van der Waals surface area contributed by atoms with Crippen molar-refractivity contribution in [1.82, 2.24) is 0 Å². The molecular formula is C67H114O6. The van der Waals surface area contributed by atoms with Gasteiger partial charge in [-0.1, -0.05) is 253 Å². The highest BCUT2D eigenvalue weighted by atomic mass is 16.6. The quantitative estimate of drug-likeness (QED) is 0.0261. The second-order valence-corrected chi connectivity index (χ2v) is 20.2. The second kappa shape index (κ2) is 60.9. The molecule has 73 heavy (non-hydrogen) atoms. The third kappa shape index (κ3) is 59.1. The molecule has 0 saturated heterocycles. The van der Waals surface area contributed by atoms with Crippen LogP contribution in [-0.4, -0.2) is 37.2 Å². The Morgan fingerprint density at radius 1 is 0.288 bits per heavy atom. The van der Waals surface area contributed by atoms with E-state index in [9.17, 15) is 14.4 Å². The zero-order chi connectivity index (χ0) is 52.9. The Morgan fingerprint density at radius 3 is 0.904 bits per heavy atom. The zero-order valence-corrected chi connectivity index (χ0v) is 47.9. The summed E-state index contributed by atoms with van der Waals surface area (Å²) in [5.41, 5.74) is 0. The lowest BCUT2D eigenvalue weighted by Gasteiger charge is -2.18. The zero-order valence-electron chi connectivity index (χ0n) is 47.9. The number of esters is 3. The number of ether oxygens (including phenoxy) is 3. The molecule has 0 unspecified atom stereocenters. The van der Waals surface area contributed by atoms with E-state index in [1.54, 1.807) is 0 Å². The Kier molecular flexibility index (Phi) is 57.8. The highest BCUT2D eigenvalue weighted by Gasteiger charge is 2.19. The Morgan fingerprint density at radius 2 is 0.548 bits per heavy atom. The first-order valence-electron chi connectivity index (χ1n) is 30.7. The van der Waals surface area contributed by atoms with Gasteiger partial charge in [-0.3, -0.25) is 14.4 Å². The van der Waals surface area contributed by atoms with Gasteiger partial charge in [0.15, 0.2) is 6.10 Å². The molecule has 0 aromatic rings. The summed E-state index contributed by atoms with van der Waals surface area (Å²) in [5, 5.41) is 0. The van der Waals surface area contributed by atoms with Gasteiger partial charge in [0.05, 0.1) is 0 Å². The number of carbonyl (C=O) groups excluding carboxylic acids is 3. The molecule has 0 spiro atoms. The number of carbonyl (C=O) groups is 3. The summed E-state index contributed by atoms with van der Waals surface area (Å²) < 4.78 is 16.8. The van der Waals surface area contributed by atoms with Crippen LogP contribution in [0.1, 0.15) is 290 Å². The lowest BCUT2D eigenvalue weighted by Crippen LogP contribution is -2.30. The van der Waals surface area contributed by atoms with Crippen molar-refractivity contribution >= 4 is 17.9 Å². The fraction of sp³-hybridized carbons (Fsp3) is 0.716. The van der Waals surface area contributed by atoms with Gasteiger partial charge in [0, 0.05) is 19.3 Å². The normalized spacial score (nSPS) is 12.8. The van der Waals surface area contributed by atoms with Crippen LogP contribution in [0.15, 0.2) is 97.2 Å². The van der Waals surface area contributed by atoms with Crippen LogP contribution < -0.4 is 0 Å². The molecule has 0 amide bonds. The van der Waals surface area contributed by atoms with Gasteiger partial charge in [0.1, 0.15) is 13.2 Å². The Hall–Kier alpha value is -3.67. The number of hydrogen-bond donors (Lipinski definition) is 0. The van der Waals surface area contributed by atoms with Crippen LogP contribution in [0, 0.1) is 0 Å². The summed E-state index contributed by atoms with van der Waals surface area (Å²) >= 11 is 0. The van der Waals surface area contributed by atoms with Crippen molar-refractivity contribution in [3.8, 4) is 0 Å². The molecule has 0 saturated carbocycles. The topological polar surface area (TPSA) is 78.9 Å². The predicted octanol–water partition coefficient (Wildman–Crippen LogP) is 20.9. The van der Waals surface area contributed by atoms with Gasteiger partial charge in [0.25, 0.3) is 0 Å². The molecule has 0 aliphatic rings. The van der Waals surface area contributed by atoms with Gasteiger partial charge < -0.3 is 14.2 Å². The van der Waals surface area contributed by atoms with E-state index >= 15 is 0 Å². The second-order valence-electron chi connectivity index (χ2n) is 20.2. The number of allylic oxidation sites excluding steroid dienone is 16. The average molecular weight is 1020 g/mol. The van der Waals surface area contributed by atoms with Crippen molar-refractivity contribution < 1.29 is 28.6 Å². The van der Waals surface area contributed by atoms with E-state index in [1.165, 1.54) is 148 Å². The first kappa shape index (κ1) is 69.3. The van der Waals surface area contributed by atoms with E-state index in [4.69, 9.17) is 14.2 Å². The van der Waals surface area contributed by atoms with E-state index in [0.717, 1.165) is 96.3 Å². The van der Waals surface area contributed by atoms with Crippen LogP contribution in [0.2, 0.25) is 0 Å². The number of hydrogen-bond acceptors (Lipinski definition) is 6. The summed E-state index contributed by atoms with van der Waals surface area (Å²) in [6.07, 6.45) is 81.3. The molecule has 0 aliphatic heterocycles. The van der Waals surface area contributed by atoms with Crippen molar-refractivity contribution in [1.29, 1.82) is 0 Å². The van der Waals surface area contributed by atoms with Crippen LogP contribution in [-0.2, 0) is 28.6 Å². The Balaban J connectivity index is 4.46. The highest BCUT2D eigenvalue weighted by Crippen LogP contribution is 2.15. The van der Waals surface area contributed by atoms with E-state index in [1.807, 2.05) is 0 Å². The van der Waals surface area contributed by atoms with Crippen molar-refractivity contribution in [2.75, 3.05) is 13.2 Å². The lowest BCUT2D eigenvalue weighted by molar-refractivity contribution is -0.167. The van der Waals surface area contributed by atoms with Gasteiger partial charge in [0.2, 0.25) is 0 Å². The Bertz CT molecular complexity index is 1440. The van der Waals surface area contributed by atoms with E-state index in [-0.39, 0.29) is 44.0 Å². The van der Waals surface area contributed by atoms with Crippen LogP contribution in [0.3, 0.4) is 0 Å². The van der Waals surface area contributed by atoms with Crippen molar-refractivity contribution in [2.45, 2.75) is 297 Å². The minimum absolute atomic E-state index is 0.103. The van der Waals surface area contributed by atoms with Crippen molar-refractivity contribution in [3.63, 3.8) is 0 Å². The maximum atomic E-state index is 12.9. The largest absolute Gasteiger partial charge is 0.462 e. The molecular weight excluding hydrogens is 901 g/mol. The predicted molar refractivity (Wildman–Crippen MR) is 316 cm³/mol. The number of rotatable bonds is 55. The molecule has 6 heteroatoms. The summed E-state index contributed by atoms with van der Waals surface area (Å²) in [4.78, 5) is 38.2. The SMILES string of the molecule is CC/C=C\C/C=C\C/C=C\C/C=C\CCCCCCC(=O)O[C@@H](COC(=O)CCC/C=C\C/C=C\C/C=C\CCCCCCCC)COC(=O)CCCCCCCCCCCCC/C=C\CCCCCCCC. The molecule has 1 atom stereocenters. The third-order valence-electron chi connectivity index (χ3n) is 13.0. The van der Waals surface area contributed by atoms with Gasteiger partial charge in [-0.25, -0.2) is 0 Å². The maximum Gasteiger partial charge on any atom is 0.306 e. The van der Waals surface area contributed by atoms with Crippen molar-refractivity contribution in [2.24, 2.45) is 0 Å².